The van der Waals surface area contributed by atoms with Gasteiger partial charge in [0, 0.05) is 5.56 Å². The summed E-state index contributed by atoms with van der Waals surface area (Å²) in [6.07, 6.45) is 3.46. The van der Waals surface area contributed by atoms with E-state index in [1.54, 1.807) is 6.08 Å². The van der Waals surface area contributed by atoms with Gasteiger partial charge < -0.3 is 4.74 Å². The number of allylic oxidation sites excluding steroid dienone is 1. The molecule has 3 aromatic carbocycles. The molecule has 0 radical (unpaired) electrons. The number of hydrogen-bond acceptors (Lipinski definition) is 2. The first-order chi connectivity index (χ1) is 11.9. The molecule has 0 unspecified atom stereocenters. The second-order valence-electron chi connectivity index (χ2n) is 7.01. The molecule has 126 valence electrons. The van der Waals surface area contributed by atoms with Crippen LogP contribution in [0.3, 0.4) is 0 Å². The third kappa shape index (κ3) is 4.36. The molecule has 0 saturated heterocycles. The molecule has 3 rings (SSSR count). The van der Waals surface area contributed by atoms with Crippen LogP contribution in [0.2, 0.25) is 0 Å². The summed E-state index contributed by atoms with van der Waals surface area (Å²) < 4.78 is 5.81. The van der Waals surface area contributed by atoms with Gasteiger partial charge in [-0.2, -0.15) is 0 Å². The van der Waals surface area contributed by atoms with Crippen LogP contribution >= 0.6 is 0 Å². The van der Waals surface area contributed by atoms with E-state index in [1.807, 2.05) is 93.6 Å². The molecule has 2 nitrogen and oxygen atoms in total. The van der Waals surface area contributed by atoms with Gasteiger partial charge >= 0.3 is 0 Å². The van der Waals surface area contributed by atoms with E-state index in [0.29, 0.717) is 0 Å². The lowest BCUT2D eigenvalue weighted by molar-refractivity contribution is 0.104. The molecule has 0 fully saturated rings. The average Bonchev–Trinajstić information content (AvgIpc) is 2.59. The highest BCUT2D eigenvalue weighted by Crippen LogP contribution is 2.21. The highest BCUT2D eigenvalue weighted by molar-refractivity contribution is 6.14. The first kappa shape index (κ1) is 17.0. The first-order valence-electron chi connectivity index (χ1n) is 8.42. The normalized spacial score (nSPS) is 11.8. The Morgan fingerprint density at radius 3 is 2.28 bits per heavy atom. The zero-order valence-electron chi connectivity index (χ0n) is 14.8. The monoisotopic (exact) mass is 330 g/mol. The maximum atomic E-state index is 12.6. The van der Waals surface area contributed by atoms with Gasteiger partial charge in [0.2, 0.25) is 0 Å². The Kier molecular flexibility index (Phi) is 4.71. The topological polar surface area (TPSA) is 26.3 Å². The molecule has 25 heavy (non-hydrogen) atoms. The second-order valence-corrected chi connectivity index (χ2v) is 7.01. The number of carbonyl (C=O) groups excluding carboxylic acids is 1. The number of rotatable bonds is 4. The molecule has 3 aromatic rings. The van der Waals surface area contributed by atoms with E-state index >= 15 is 0 Å². The van der Waals surface area contributed by atoms with Crippen LogP contribution in [0, 0.1) is 0 Å². The Balaban J connectivity index is 1.78. The summed E-state index contributed by atoms with van der Waals surface area (Å²) in [7, 11) is 0. The predicted molar refractivity (Wildman–Crippen MR) is 104 cm³/mol. The van der Waals surface area contributed by atoms with Crippen molar-refractivity contribution in [3.63, 3.8) is 0 Å². The number of benzene rings is 3. The van der Waals surface area contributed by atoms with Crippen molar-refractivity contribution in [1.82, 2.24) is 0 Å². The number of ketones is 1. The van der Waals surface area contributed by atoms with Gasteiger partial charge in [0.1, 0.15) is 11.4 Å². The van der Waals surface area contributed by atoms with E-state index < -0.39 is 0 Å². The highest BCUT2D eigenvalue weighted by atomic mass is 16.5. The Labute approximate surface area is 148 Å². The number of carbonyl (C=O) groups is 1. The molecule has 0 heterocycles. The van der Waals surface area contributed by atoms with Crippen LogP contribution in [0.4, 0.5) is 0 Å². The lowest BCUT2D eigenvalue weighted by atomic mass is 10.0. The third-order valence-corrected chi connectivity index (χ3v) is 3.79. The summed E-state index contributed by atoms with van der Waals surface area (Å²) in [6.45, 7) is 6.05. The average molecular weight is 330 g/mol. The van der Waals surface area contributed by atoms with Crippen molar-refractivity contribution >= 4 is 22.6 Å². The van der Waals surface area contributed by atoms with Crippen molar-refractivity contribution in [2.75, 3.05) is 0 Å². The third-order valence-electron chi connectivity index (χ3n) is 3.79. The van der Waals surface area contributed by atoms with Gasteiger partial charge in [-0.1, -0.05) is 60.7 Å². The summed E-state index contributed by atoms with van der Waals surface area (Å²) in [5.41, 5.74) is 1.47. The van der Waals surface area contributed by atoms with E-state index in [-0.39, 0.29) is 11.4 Å². The molecule has 0 spiro atoms. The molecular formula is C23H22O2. The standard InChI is InChI=1S/C23H22O2/c1-23(2,3)25-19-14-11-17(12-15-19)13-16-22(24)21-10-6-8-18-7-4-5-9-20(18)21/h4-16H,1-3H3/b16-13+. The SMILES string of the molecule is CC(C)(C)Oc1ccc(/C=C/C(=O)c2cccc3ccccc23)cc1. The Bertz CT molecular complexity index is 907. The van der Waals surface area contributed by atoms with Gasteiger partial charge in [-0.05, 0) is 55.3 Å². The van der Waals surface area contributed by atoms with Crippen molar-refractivity contribution in [2.24, 2.45) is 0 Å². The summed E-state index contributed by atoms with van der Waals surface area (Å²) in [5.74, 6) is 0.830. The van der Waals surface area contributed by atoms with Crippen molar-refractivity contribution in [1.29, 1.82) is 0 Å². The molecule has 0 saturated carbocycles. The molecule has 0 N–H and O–H groups in total. The highest BCUT2D eigenvalue weighted by Gasteiger charge is 2.11. The van der Waals surface area contributed by atoms with Crippen LogP contribution < -0.4 is 4.74 Å². The molecule has 0 bridgehead atoms. The molecule has 0 aliphatic carbocycles. The minimum Gasteiger partial charge on any atom is -0.488 e. The van der Waals surface area contributed by atoms with E-state index in [0.717, 1.165) is 27.6 Å². The summed E-state index contributed by atoms with van der Waals surface area (Å²) in [4.78, 5) is 12.6. The summed E-state index contributed by atoms with van der Waals surface area (Å²) in [5, 5.41) is 2.05. The van der Waals surface area contributed by atoms with Crippen LogP contribution in [0.25, 0.3) is 16.8 Å². The number of ether oxygens (including phenoxy) is 1. The van der Waals surface area contributed by atoms with Gasteiger partial charge in [0.25, 0.3) is 0 Å². The molecule has 0 atom stereocenters. The van der Waals surface area contributed by atoms with Crippen LogP contribution in [0.5, 0.6) is 5.75 Å². The zero-order valence-corrected chi connectivity index (χ0v) is 14.8. The van der Waals surface area contributed by atoms with Crippen molar-refractivity contribution < 1.29 is 9.53 Å². The zero-order chi connectivity index (χ0) is 17.9. The van der Waals surface area contributed by atoms with Crippen LogP contribution in [0.1, 0.15) is 36.7 Å². The van der Waals surface area contributed by atoms with Gasteiger partial charge in [0.15, 0.2) is 5.78 Å². The van der Waals surface area contributed by atoms with E-state index in [9.17, 15) is 4.79 Å². The van der Waals surface area contributed by atoms with Crippen LogP contribution in [-0.4, -0.2) is 11.4 Å². The molecule has 0 amide bonds. The lowest BCUT2D eigenvalue weighted by Gasteiger charge is -2.21. The fourth-order valence-corrected chi connectivity index (χ4v) is 2.70. The van der Waals surface area contributed by atoms with Gasteiger partial charge in [-0.15, -0.1) is 0 Å². The summed E-state index contributed by atoms with van der Waals surface area (Å²) in [6, 6.07) is 21.5. The lowest BCUT2D eigenvalue weighted by Crippen LogP contribution is -2.22. The van der Waals surface area contributed by atoms with Crippen molar-refractivity contribution in [2.45, 2.75) is 26.4 Å². The van der Waals surface area contributed by atoms with Crippen molar-refractivity contribution in [3.8, 4) is 5.75 Å². The van der Waals surface area contributed by atoms with Crippen LogP contribution in [0.15, 0.2) is 72.8 Å². The minimum absolute atomic E-state index is 0.00631. The smallest absolute Gasteiger partial charge is 0.186 e. The quantitative estimate of drug-likeness (QED) is 0.439. The molecular weight excluding hydrogens is 308 g/mol. The van der Waals surface area contributed by atoms with Gasteiger partial charge in [0.05, 0.1) is 0 Å². The van der Waals surface area contributed by atoms with Crippen LogP contribution in [-0.2, 0) is 0 Å². The van der Waals surface area contributed by atoms with Gasteiger partial charge in [-0.25, -0.2) is 0 Å². The second kappa shape index (κ2) is 6.94. The van der Waals surface area contributed by atoms with E-state index in [1.165, 1.54) is 0 Å². The largest absolute Gasteiger partial charge is 0.488 e. The first-order valence-corrected chi connectivity index (χ1v) is 8.42. The number of hydrogen-bond donors (Lipinski definition) is 0. The number of fused-ring (bicyclic) bond motifs is 1. The fraction of sp³-hybridized carbons (Fsp3) is 0.174. The molecule has 0 aliphatic heterocycles. The van der Waals surface area contributed by atoms with Gasteiger partial charge in [-0.3, -0.25) is 4.79 Å². The fourth-order valence-electron chi connectivity index (χ4n) is 2.70. The molecule has 0 aromatic heterocycles. The van der Waals surface area contributed by atoms with Crippen molar-refractivity contribution in [3.05, 3.63) is 83.9 Å². The van der Waals surface area contributed by atoms with E-state index in [4.69, 9.17) is 4.74 Å². The maximum Gasteiger partial charge on any atom is 0.186 e. The predicted octanol–water partition coefficient (Wildman–Crippen LogP) is 5.91. The minimum atomic E-state index is -0.221. The molecule has 0 aliphatic rings. The summed E-state index contributed by atoms with van der Waals surface area (Å²) >= 11 is 0. The maximum absolute atomic E-state index is 12.6. The molecule has 2 heteroatoms. The Morgan fingerprint density at radius 2 is 1.56 bits per heavy atom. The van der Waals surface area contributed by atoms with E-state index in [2.05, 4.69) is 0 Å². The Morgan fingerprint density at radius 1 is 0.880 bits per heavy atom. The Hall–Kier alpha value is -2.87.